The van der Waals surface area contributed by atoms with Crippen LogP contribution in [-0.2, 0) is 0 Å². The lowest BCUT2D eigenvalue weighted by Gasteiger charge is -2.31. The number of nitrogens with two attached hydrogens (primary N) is 1. The highest BCUT2D eigenvalue weighted by Gasteiger charge is 2.21. The molecule has 0 radical (unpaired) electrons. The molecule has 0 amide bonds. The minimum Gasteiger partial charge on any atom is -0.329 e. The molecule has 86 valence electrons. The molecule has 0 aliphatic carbocycles. The molecule has 0 aliphatic rings. The summed E-state index contributed by atoms with van der Waals surface area (Å²) in [5.41, 5.74) is 7.26. The van der Waals surface area contributed by atoms with E-state index in [1.165, 1.54) is 10.4 Å². The standard InChI is InChI=1S/C12H22N2S/c1-5-10(3)14(4)11(8-13)12-9(2)6-7-15-12/h6-7,10-11H,5,8,13H2,1-4H3. The summed E-state index contributed by atoms with van der Waals surface area (Å²) in [5.74, 6) is 0. The fourth-order valence-corrected chi connectivity index (χ4v) is 2.87. The van der Waals surface area contributed by atoms with Crippen molar-refractivity contribution in [1.82, 2.24) is 4.90 Å². The minimum absolute atomic E-state index is 0.375. The summed E-state index contributed by atoms with van der Waals surface area (Å²) in [6.45, 7) is 7.34. The summed E-state index contributed by atoms with van der Waals surface area (Å²) in [6.07, 6.45) is 1.16. The lowest BCUT2D eigenvalue weighted by Crippen LogP contribution is -2.36. The summed E-state index contributed by atoms with van der Waals surface area (Å²) in [4.78, 5) is 3.80. The van der Waals surface area contributed by atoms with Gasteiger partial charge in [0.05, 0.1) is 6.04 Å². The SMILES string of the molecule is CCC(C)N(C)C(CN)c1sccc1C. The molecule has 3 heteroatoms. The second-order valence-electron chi connectivity index (χ2n) is 4.14. The van der Waals surface area contributed by atoms with Crippen molar-refractivity contribution < 1.29 is 0 Å². The van der Waals surface area contributed by atoms with Crippen molar-refractivity contribution in [2.75, 3.05) is 13.6 Å². The number of aryl methyl sites for hydroxylation is 1. The molecule has 0 aromatic carbocycles. The first-order valence-electron chi connectivity index (χ1n) is 5.57. The third-order valence-corrected chi connectivity index (χ3v) is 4.33. The van der Waals surface area contributed by atoms with Gasteiger partial charge in [-0.25, -0.2) is 0 Å². The maximum Gasteiger partial charge on any atom is 0.0566 e. The van der Waals surface area contributed by atoms with Crippen LogP contribution in [0.2, 0.25) is 0 Å². The van der Waals surface area contributed by atoms with Crippen LogP contribution in [0, 0.1) is 6.92 Å². The number of nitrogens with zero attached hydrogens (tertiary/aromatic N) is 1. The quantitative estimate of drug-likeness (QED) is 0.836. The Labute approximate surface area is 97.1 Å². The van der Waals surface area contributed by atoms with E-state index in [0.717, 1.165) is 6.42 Å². The molecule has 0 saturated carbocycles. The predicted molar refractivity (Wildman–Crippen MR) is 68.4 cm³/mol. The molecular formula is C12H22N2S. The van der Waals surface area contributed by atoms with E-state index in [1.54, 1.807) is 0 Å². The van der Waals surface area contributed by atoms with E-state index >= 15 is 0 Å². The van der Waals surface area contributed by atoms with Gasteiger partial charge in [-0.2, -0.15) is 0 Å². The second-order valence-corrected chi connectivity index (χ2v) is 5.09. The second kappa shape index (κ2) is 5.64. The molecule has 2 nitrogen and oxygen atoms in total. The molecule has 0 bridgehead atoms. The summed E-state index contributed by atoms with van der Waals surface area (Å²) in [6, 6.07) is 3.13. The van der Waals surface area contributed by atoms with Crippen molar-refractivity contribution in [1.29, 1.82) is 0 Å². The van der Waals surface area contributed by atoms with Gasteiger partial charge >= 0.3 is 0 Å². The van der Waals surface area contributed by atoms with Crippen molar-refractivity contribution in [3.8, 4) is 0 Å². The van der Waals surface area contributed by atoms with Crippen molar-refractivity contribution in [3.05, 3.63) is 21.9 Å². The molecule has 2 N–H and O–H groups in total. The van der Waals surface area contributed by atoms with Crippen LogP contribution in [0.4, 0.5) is 0 Å². The highest BCUT2D eigenvalue weighted by molar-refractivity contribution is 7.10. The third-order valence-electron chi connectivity index (χ3n) is 3.21. The fourth-order valence-electron chi connectivity index (χ4n) is 1.78. The molecule has 1 aromatic rings. The Morgan fingerprint density at radius 1 is 1.53 bits per heavy atom. The number of thiophene rings is 1. The first kappa shape index (κ1) is 12.7. The maximum atomic E-state index is 5.89. The zero-order chi connectivity index (χ0) is 11.4. The lowest BCUT2D eigenvalue weighted by atomic mass is 10.1. The minimum atomic E-state index is 0.375. The lowest BCUT2D eigenvalue weighted by molar-refractivity contribution is 0.187. The molecule has 0 saturated heterocycles. The molecule has 15 heavy (non-hydrogen) atoms. The Kier molecular flexibility index (Phi) is 4.77. The number of rotatable bonds is 5. The Balaban J connectivity index is 2.84. The first-order valence-corrected chi connectivity index (χ1v) is 6.45. The molecule has 2 unspecified atom stereocenters. The van der Waals surface area contributed by atoms with Crippen LogP contribution in [-0.4, -0.2) is 24.5 Å². The number of likely N-dealkylation sites (N-methyl/N-ethyl adjacent to an activating group) is 1. The Bertz CT molecular complexity index is 296. The topological polar surface area (TPSA) is 29.3 Å². The van der Waals surface area contributed by atoms with Crippen molar-refractivity contribution in [3.63, 3.8) is 0 Å². The predicted octanol–water partition coefficient (Wildman–Crippen LogP) is 2.79. The maximum absolute atomic E-state index is 5.89. The van der Waals surface area contributed by atoms with Crippen molar-refractivity contribution in [2.45, 2.75) is 39.3 Å². The highest BCUT2D eigenvalue weighted by atomic mass is 32.1. The molecule has 1 rings (SSSR count). The number of hydrogen-bond acceptors (Lipinski definition) is 3. The zero-order valence-electron chi connectivity index (χ0n) is 10.2. The molecule has 2 atom stereocenters. The average molecular weight is 226 g/mol. The van der Waals surface area contributed by atoms with Gasteiger partial charge in [0.1, 0.15) is 0 Å². The summed E-state index contributed by atoms with van der Waals surface area (Å²) < 4.78 is 0. The smallest absolute Gasteiger partial charge is 0.0566 e. The van der Waals surface area contributed by atoms with E-state index in [-0.39, 0.29) is 0 Å². The van der Waals surface area contributed by atoms with Crippen LogP contribution in [0.5, 0.6) is 0 Å². The molecule has 1 aromatic heterocycles. The van der Waals surface area contributed by atoms with Gasteiger partial charge in [0, 0.05) is 17.5 Å². The Morgan fingerprint density at radius 2 is 2.20 bits per heavy atom. The molecule has 0 fully saturated rings. The Morgan fingerprint density at radius 3 is 2.60 bits per heavy atom. The zero-order valence-corrected chi connectivity index (χ0v) is 11.0. The van der Waals surface area contributed by atoms with E-state index < -0.39 is 0 Å². The summed E-state index contributed by atoms with van der Waals surface area (Å²) in [7, 11) is 2.17. The molecule has 1 heterocycles. The monoisotopic (exact) mass is 226 g/mol. The largest absolute Gasteiger partial charge is 0.329 e. The van der Waals surface area contributed by atoms with Gasteiger partial charge in [0.15, 0.2) is 0 Å². The van der Waals surface area contributed by atoms with E-state index in [1.807, 2.05) is 11.3 Å². The molecular weight excluding hydrogens is 204 g/mol. The third kappa shape index (κ3) is 2.80. The van der Waals surface area contributed by atoms with Crippen LogP contribution in [0.15, 0.2) is 11.4 Å². The average Bonchev–Trinajstić information content (AvgIpc) is 2.65. The van der Waals surface area contributed by atoms with Crippen LogP contribution < -0.4 is 5.73 Å². The number of hydrogen-bond donors (Lipinski definition) is 1. The molecule has 0 aliphatic heterocycles. The first-order chi connectivity index (χ1) is 7.11. The van der Waals surface area contributed by atoms with Crippen molar-refractivity contribution in [2.24, 2.45) is 5.73 Å². The van der Waals surface area contributed by atoms with Gasteiger partial charge in [-0.05, 0) is 44.3 Å². The van der Waals surface area contributed by atoms with Gasteiger partial charge in [0.2, 0.25) is 0 Å². The van der Waals surface area contributed by atoms with E-state index in [9.17, 15) is 0 Å². The van der Waals surface area contributed by atoms with Gasteiger partial charge in [-0.1, -0.05) is 6.92 Å². The van der Waals surface area contributed by atoms with E-state index in [0.29, 0.717) is 18.6 Å². The Hall–Kier alpha value is -0.380. The van der Waals surface area contributed by atoms with Crippen LogP contribution in [0.25, 0.3) is 0 Å². The van der Waals surface area contributed by atoms with Gasteiger partial charge in [-0.15, -0.1) is 11.3 Å². The summed E-state index contributed by atoms with van der Waals surface area (Å²) in [5, 5.41) is 2.15. The van der Waals surface area contributed by atoms with E-state index in [2.05, 4.69) is 44.2 Å². The molecule has 0 spiro atoms. The summed E-state index contributed by atoms with van der Waals surface area (Å²) >= 11 is 1.82. The van der Waals surface area contributed by atoms with Crippen LogP contribution >= 0.6 is 11.3 Å². The van der Waals surface area contributed by atoms with Crippen LogP contribution in [0.3, 0.4) is 0 Å². The van der Waals surface area contributed by atoms with Gasteiger partial charge in [0.25, 0.3) is 0 Å². The normalized spacial score (nSPS) is 15.6. The van der Waals surface area contributed by atoms with Gasteiger partial charge in [-0.3, -0.25) is 4.90 Å². The fraction of sp³-hybridized carbons (Fsp3) is 0.667. The van der Waals surface area contributed by atoms with Crippen molar-refractivity contribution >= 4 is 11.3 Å². The van der Waals surface area contributed by atoms with Crippen LogP contribution in [0.1, 0.15) is 36.8 Å². The van der Waals surface area contributed by atoms with Gasteiger partial charge < -0.3 is 5.73 Å². The van der Waals surface area contributed by atoms with E-state index in [4.69, 9.17) is 5.73 Å². The highest BCUT2D eigenvalue weighted by Crippen LogP contribution is 2.28.